The van der Waals surface area contributed by atoms with Crippen LogP contribution in [-0.2, 0) is 0 Å². The predicted molar refractivity (Wildman–Crippen MR) is 44.3 cm³/mol. The van der Waals surface area contributed by atoms with Crippen LogP contribution < -0.4 is 5.23 Å². The van der Waals surface area contributed by atoms with Crippen molar-refractivity contribution in [1.29, 1.82) is 0 Å². The molecule has 60 valence electrons. The van der Waals surface area contributed by atoms with E-state index in [0.717, 1.165) is 0 Å². The summed E-state index contributed by atoms with van der Waals surface area (Å²) in [5.74, 6) is 0. The number of anilines is 1. The van der Waals surface area contributed by atoms with Crippen molar-refractivity contribution in [3.8, 4) is 0 Å². The summed E-state index contributed by atoms with van der Waals surface area (Å²) < 4.78 is 0.660. The third-order valence-electron chi connectivity index (χ3n) is 1.23. The highest BCUT2D eigenvalue weighted by Crippen LogP contribution is 2.20. The van der Waals surface area contributed by atoms with Gasteiger partial charge in [0.15, 0.2) is 0 Å². The molecule has 0 fully saturated rings. The molecule has 0 saturated heterocycles. The van der Waals surface area contributed by atoms with Crippen LogP contribution >= 0.6 is 15.9 Å². The fourth-order valence-electron chi connectivity index (χ4n) is 0.691. The van der Waals surface area contributed by atoms with E-state index in [4.69, 9.17) is 5.21 Å². The van der Waals surface area contributed by atoms with E-state index in [1.807, 2.05) is 0 Å². The number of nitrogens with zero attached hydrogens (tertiary/aromatic N) is 2. The SMILES string of the molecule is Cc1ncc(Br)cc1N([O-])O. The van der Waals surface area contributed by atoms with Crippen LogP contribution in [0.25, 0.3) is 0 Å². The van der Waals surface area contributed by atoms with Gasteiger partial charge >= 0.3 is 0 Å². The van der Waals surface area contributed by atoms with Crippen molar-refractivity contribution in [3.05, 3.63) is 27.6 Å². The number of aryl methyl sites for hydroxylation is 1. The Labute approximate surface area is 72.1 Å². The zero-order valence-electron chi connectivity index (χ0n) is 5.78. The molecule has 0 saturated carbocycles. The molecular weight excluding hydrogens is 212 g/mol. The first kappa shape index (κ1) is 8.45. The van der Waals surface area contributed by atoms with Crippen molar-refractivity contribution < 1.29 is 5.21 Å². The minimum absolute atomic E-state index is 0.152. The summed E-state index contributed by atoms with van der Waals surface area (Å²) in [4.78, 5) is 3.85. The Balaban J connectivity index is 3.13. The van der Waals surface area contributed by atoms with E-state index in [0.29, 0.717) is 10.2 Å². The van der Waals surface area contributed by atoms with Crippen molar-refractivity contribution in [2.45, 2.75) is 6.92 Å². The van der Waals surface area contributed by atoms with Crippen LogP contribution in [0.1, 0.15) is 5.69 Å². The van der Waals surface area contributed by atoms with Gasteiger partial charge in [-0.25, -0.2) is 0 Å². The highest BCUT2D eigenvalue weighted by Gasteiger charge is 1.99. The zero-order valence-corrected chi connectivity index (χ0v) is 7.37. The van der Waals surface area contributed by atoms with E-state index in [1.54, 1.807) is 13.1 Å². The molecule has 0 spiro atoms. The fraction of sp³-hybridized carbons (Fsp3) is 0.167. The molecule has 5 heteroatoms. The van der Waals surface area contributed by atoms with Gasteiger partial charge in [-0.2, -0.15) is 0 Å². The summed E-state index contributed by atoms with van der Waals surface area (Å²) in [7, 11) is 0. The Morgan fingerprint density at radius 1 is 1.73 bits per heavy atom. The van der Waals surface area contributed by atoms with Gasteiger partial charge in [0.1, 0.15) is 0 Å². The van der Waals surface area contributed by atoms with Gasteiger partial charge in [0.2, 0.25) is 0 Å². The average molecular weight is 218 g/mol. The van der Waals surface area contributed by atoms with Crippen LogP contribution in [0.4, 0.5) is 5.69 Å². The minimum Gasteiger partial charge on any atom is -0.733 e. The molecule has 1 N–H and O–H groups in total. The molecule has 11 heavy (non-hydrogen) atoms. The topological polar surface area (TPSA) is 59.4 Å². The lowest BCUT2D eigenvalue weighted by Gasteiger charge is -2.22. The Kier molecular flexibility index (Phi) is 2.43. The standard InChI is InChI=1S/C6H6BrN2O2/c1-4-6(9(10)11)2-5(7)3-8-4/h2-3,10H,1H3/q-1. The number of pyridine rings is 1. The molecule has 1 aromatic heterocycles. The molecule has 0 bridgehead atoms. The Morgan fingerprint density at radius 3 is 2.82 bits per heavy atom. The molecule has 0 amide bonds. The van der Waals surface area contributed by atoms with Crippen molar-refractivity contribution in [2.75, 3.05) is 5.23 Å². The number of hydrogen-bond acceptors (Lipinski definition) is 4. The molecule has 0 aliphatic heterocycles. The maximum atomic E-state index is 10.4. The highest BCUT2D eigenvalue weighted by atomic mass is 79.9. The smallest absolute Gasteiger partial charge is 0.0733 e. The molecular formula is C6H6BrN2O2-. The molecule has 1 rings (SSSR count). The second kappa shape index (κ2) is 3.17. The van der Waals surface area contributed by atoms with Crippen LogP contribution in [0.3, 0.4) is 0 Å². The molecule has 0 unspecified atom stereocenters. The predicted octanol–water partition coefficient (Wildman–Crippen LogP) is 1.85. The highest BCUT2D eigenvalue weighted by molar-refractivity contribution is 9.10. The van der Waals surface area contributed by atoms with Gasteiger partial charge in [0.05, 0.1) is 11.4 Å². The second-order valence-electron chi connectivity index (χ2n) is 2.03. The Morgan fingerprint density at radius 2 is 2.36 bits per heavy atom. The second-order valence-corrected chi connectivity index (χ2v) is 2.95. The van der Waals surface area contributed by atoms with Crippen molar-refractivity contribution in [3.63, 3.8) is 0 Å². The van der Waals surface area contributed by atoms with E-state index in [9.17, 15) is 5.21 Å². The fourth-order valence-corrected chi connectivity index (χ4v) is 1.01. The van der Waals surface area contributed by atoms with Gasteiger partial charge in [0, 0.05) is 10.7 Å². The van der Waals surface area contributed by atoms with Gasteiger partial charge < -0.3 is 10.4 Å². The maximum Gasteiger partial charge on any atom is 0.0733 e. The Hall–Kier alpha value is -0.650. The van der Waals surface area contributed by atoms with E-state index in [2.05, 4.69) is 20.9 Å². The zero-order chi connectivity index (χ0) is 8.43. The van der Waals surface area contributed by atoms with Crippen LogP contribution in [0.15, 0.2) is 16.7 Å². The summed E-state index contributed by atoms with van der Waals surface area (Å²) in [6, 6.07) is 1.50. The quantitative estimate of drug-likeness (QED) is 0.730. The molecule has 4 nitrogen and oxygen atoms in total. The summed E-state index contributed by atoms with van der Waals surface area (Å²) in [6.07, 6.45) is 1.56. The van der Waals surface area contributed by atoms with Crippen LogP contribution in [0.5, 0.6) is 0 Å². The van der Waals surface area contributed by atoms with E-state index in [-0.39, 0.29) is 10.9 Å². The van der Waals surface area contributed by atoms with Gasteiger partial charge in [-0.1, -0.05) is 0 Å². The third kappa shape index (κ3) is 1.89. The van der Waals surface area contributed by atoms with E-state index >= 15 is 0 Å². The first-order valence-corrected chi connectivity index (χ1v) is 3.69. The van der Waals surface area contributed by atoms with Gasteiger partial charge in [0.25, 0.3) is 0 Å². The monoisotopic (exact) mass is 217 g/mol. The van der Waals surface area contributed by atoms with E-state index in [1.165, 1.54) is 6.07 Å². The van der Waals surface area contributed by atoms with Crippen molar-refractivity contribution in [2.24, 2.45) is 0 Å². The third-order valence-corrected chi connectivity index (χ3v) is 1.67. The summed E-state index contributed by atoms with van der Waals surface area (Å²) in [5, 5.41) is 18.8. The lowest BCUT2D eigenvalue weighted by molar-refractivity contribution is 0.295. The van der Waals surface area contributed by atoms with Crippen molar-refractivity contribution in [1.82, 2.24) is 4.98 Å². The van der Waals surface area contributed by atoms with Crippen LogP contribution in [0.2, 0.25) is 0 Å². The van der Waals surface area contributed by atoms with Crippen molar-refractivity contribution >= 4 is 21.6 Å². The molecule has 1 heterocycles. The van der Waals surface area contributed by atoms with E-state index < -0.39 is 0 Å². The molecule has 0 radical (unpaired) electrons. The van der Waals surface area contributed by atoms with Gasteiger partial charge in [-0.3, -0.25) is 10.2 Å². The lowest BCUT2D eigenvalue weighted by atomic mass is 10.3. The number of halogens is 1. The maximum absolute atomic E-state index is 10.4. The molecule has 0 aliphatic rings. The molecule has 0 aromatic carbocycles. The lowest BCUT2D eigenvalue weighted by Crippen LogP contribution is -2.09. The Bertz CT molecular complexity index is 265. The van der Waals surface area contributed by atoms with Gasteiger partial charge in [-0.05, 0) is 28.9 Å². The molecule has 0 atom stereocenters. The first-order valence-electron chi connectivity index (χ1n) is 2.89. The largest absolute Gasteiger partial charge is 0.733 e. The summed E-state index contributed by atoms with van der Waals surface area (Å²) >= 11 is 3.13. The summed E-state index contributed by atoms with van der Waals surface area (Å²) in [6.45, 7) is 1.64. The average Bonchev–Trinajstić information content (AvgIpc) is 1.94. The number of aromatic nitrogens is 1. The summed E-state index contributed by atoms with van der Waals surface area (Å²) in [5.41, 5.74) is 0.644. The number of hydrogen-bond donors (Lipinski definition) is 1. The molecule has 0 aliphatic carbocycles. The minimum atomic E-state index is -0.201. The van der Waals surface area contributed by atoms with Crippen LogP contribution in [0, 0.1) is 12.1 Å². The number of rotatable bonds is 1. The van der Waals surface area contributed by atoms with Crippen LogP contribution in [-0.4, -0.2) is 10.2 Å². The van der Waals surface area contributed by atoms with Gasteiger partial charge in [-0.15, -0.1) is 0 Å². The first-order chi connectivity index (χ1) is 5.11. The molecule has 1 aromatic rings. The normalized spacial score (nSPS) is 9.82.